The van der Waals surface area contributed by atoms with E-state index in [1.807, 2.05) is 31.2 Å². The van der Waals surface area contributed by atoms with Gasteiger partial charge in [-0.3, -0.25) is 9.10 Å². The van der Waals surface area contributed by atoms with Crippen molar-refractivity contribution in [2.45, 2.75) is 33.1 Å². The highest BCUT2D eigenvalue weighted by Crippen LogP contribution is 2.25. The van der Waals surface area contributed by atoms with Gasteiger partial charge < -0.3 is 10.1 Å². The second-order valence-corrected chi connectivity index (χ2v) is 10.9. The summed E-state index contributed by atoms with van der Waals surface area (Å²) in [6.45, 7) is 8.57. The molecule has 30 heavy (non-hydrogen) atoms. The van der Waals surface area contributed by atoms with Gasteiger partial charge in [0.2, 0.25) is 15.9 Å². The van der Waals surface area contributed by atoms with E-state index in [0.717, 1.165) is 26.3 Å². The number of nitrogens with one attached hydrogen (secondary N) is 1. The molecule has 0 unspecified atom stereocenters. The predicted molar refractivity (Wildman–Crippen MR) is 125 cm³/mol. The Morgan fingerprint density at radius 3 is 2.30 bits per heavy atom. The summed E-state index contributed by atoms with van der Waals surface area (Å²) in [5.41, 5.74) is 2.62. The van der Waals surface area contributed by atoms with E-state index in [1.165, 1.54) is 5.56 Å². The van der Waals surface area contributed by atoms with Crippen LogP contribution in [-0.4, -0.2) is 40.3 Å². The maximum atomic E-state index is 12.3. The standard InChI is InChI=1S/C22H29BrN2O4S/c1-16-14-18(8-11-20(16)23)25(30(5,27)28)15-21(26)24-12-13-29-19-9-6-17(7-10-19)22(2,3)4/h6-11,14H,12-13,15H2,1-5H3,(H,24,26). The van der Waals surface area contributed by atoms with E-state index in [-0.39, 0.29) is 25.1 Å². The average Bonchev–Trinajstić information content (AvgIpc) is 2.64. The number of hydrogen-bond donors (Lipinski definition) is 1. The summed E-state index contributed by atoms with van der Waals surface area (Å²) in [5.74, 6) is 0.327. The van der Waals surface area contributed by atoms with E-state index in [0.29, 0.717) is 5.69 Å². The van der Waals surface area contributed by atoms with Gasteiger partial charge in [0, 0.05) is 4.47 Å². The molecule has 2 rings (SSSR count). The van der Waals surface area contributed by atoms with Crippen molar-refractivity contribution < 1.29 is 17.9 Å². The summed E-state index contributed by atoms with van der Waals surface area (Å²) < 4.78 is 32.0. The van der Waals surface area contributed by atoms with E-state index in [9.17, 15) is 13.2 Å². The third-order valence-electron chi connectivity index (χ3n) is 4.53. The number of benzene rings is 2. The third kappa shape index (κ3) is 7.02. The van der Waals surface area contributed by atoms with Gasteiger partial charge in [0.25, 0.3) is 0 Å². The molecule has 1 amide bonds. The van der Waals surface area contributed by atoms with Gasteiger partial charge in [0.05, 0.1) is 18.5 Å². The Labute approximate surface area is 187 Å². The van der Waals surface area contributed by atoms with E-state index >= 15 is 0 Å². The van der Waals surface area contributed by atoms with Gasteiger partial charge in [0.15, 0.2) is 0 Å². The van der Waals surface area contributed by atoms with Gasteiger partial charge >= 0.3 is 0 Å². The van der Waals surface area contributed by atoms with Crippen LogP contribution in [0.1, 0.15) is 31.9 Å². The van der Waals surface area contributed by atoms with Crippen LogP contribution in [0, 0.1) is 6.92 Å². The Morgan fingerprint density at radius 1 is 1.13 bits per heavy atom. The molecular weight excluding hydrogens is 468 g/mol. The van der Waals surface area contributed by atoms with Crippen molar-refractivity contribution >= 4 is 37.5 Å². The zero-order chi connectivity index (χ0) is 22.5. The van der Waals surface area contributed by atoms with Crippen molar-refractivity contribution in [3.05, 3.63) is 58.1 Å². The van der Waals surface area contributed by atoms with E-state index in [2.05, 4.69) is 42.0 Å². The first-order chi connectivity index (χ1) is 13.9. The van der Waals surface area contributed by atoms with Crippen LogP contribution in [0.15, 0.2) is 46.9 Å². The zero-order valence-electron chi connectivity index (χ0n) is 18.0. The molecule has 6 nitrogen and oxygen atoms in total. The van der Waals surface area contributed by atoms with Gasteiger partial charge in [-0.15, -0.1) is 0 Å². The molecule has 0 aromatic heterocycles. The first-order valence-corrected chi connectivity index (χ1v) is 12.3. The van der Waals surface area contributed by atoms with Crippen LogP contribution >= 0.6 is 15.9 Å². The number of rotatable bonds is 8. The highest BCUT2D eigenvalue weighted by atomic mass is 79.9. The Hall–Kier alpha value is -2.06. The quantitative estimate of drug-likeness (QED) is 0.560. The molecule has 0 spiro atoms. The smallest absolute Gasteiger partial charge is 0.240 e. The fourth-order valence-corrected chi connectivity index (χ4v) is 3.88. The molecule has 8 heteroatoms. The Morgan fingerprint density at radius 2 is 1.77 bits per heavy atom. The van der Waals surface area contributed by atoms with E-state index in [4.69, 9.17) is 4.74 Å². The number of ether oxygens (including phenoxy) is 1. The zero-order valence-corrected chi connectivity index (χ0v) is 20.4. The van der Waals surface area contributed by atoms with Crippen molar-refractivity contribution in [3.63, 3.8) is 0 Å². The van der Waals surface area contributed by atoms with Crippen molar-refractivity contribution in [2.75, 3.05) is 30.3 Å². The van der Waals surface area contributed by atoms with Gasteiger partial charge in [-0.05, 0) is 53.8 Å². The molecule has 0 bridgehead atoms. The van der Waals surface area contributed by atoms with Crippen molar-refractivity contribution in [2.24, 2.45) is 0 Å². The summed E-state index contributed by atoms with van der Waals surface area (Å²) in [6.07, 6.45) is 1.09. The normalized spacial score (nSPS) is 11.8. The van der Waals surface area contributed by atoms with E-state index in [1.54, 1.807) is 18.2 Å². The Balaban J connectivity index is 1.89. The highest BCUT2D eigenvalue weighted by Gasteiger charge is 2.21. The first kappa shape index (κ1) is 24.2. The number of hydrogen-bond acceptors (Lipinski definition) is 4. The minimum atomic E-state index is -3.61. The predicted octanol–water partition coefficient (Wildman–Crippen LogP) is 4.02. The SMILES string of the molecule is Cc1cc(N(CC(=O)NCCOc2ccc(C(C)(C)C)cc2)S(C)(=O)=O)ccc1Br. The van der Waals surface area contributed by atoms with Gasteiger partial charge in [-0.1, -0.05) is 48.8 Å². The Kier molecular flexibility index (Phi) is 7.93. The monoisotopic (exact) mass is 496 g/mol. The lowest BCUT2D eigenvalue weighted by molar-refractivity contribution is -0.119. The molecule has 0 saturated carbocycles. The third-order valence-corrected chi connectivity index (χ3v) is 6.56. The summed E-state index contributed by atoms with van der Waals surface area (Å²) >= 11 is 3.39. The molecule has 2 aromatic carbocycles. The molecule has 0 aliphatic rings. The number of amides is 1. The summed E-state index contributed by atoms with van der Waals surface area (Å²) in [5, 5.41) is 2.71. The average molecular weight is 497 g/mol. The largest absolute Gasteiger partial charge is 0.492 e. The molecule has 2 aromatic rings. The lowest BCUT2D eigenvalue weighted by Crippen LogP contribution is -2.41. The number of carbonyl (C=O) groups is 1. The summed E-state index contributed by atoms with van der Waals surface area (Å²) in [6, 6.07) is 13.0. The number of sulfonamides is 1. The fraction of sp³-hybridized carbons (Fsp3) is 0.409. The minimum absolute atomic E-state index is 0.0748. The topological polar surface area (TPSA) is 75.7 Å². The number of halogens is 1. The van der Waals surface area contributed by atoms with Crippen LogP contribution in [0.3, 0.4) is 0 Å². The molecule has 0 radical (unpaired) electrons. The maximum absolute atomic E-state index is 12.3. The molecule has 0 aliphatic heterocycles. The van der Waals surface area contributed by atoms with Crippen molar-refractivity contribution in [3.8, 4) is 5.75 Å². The van der Waals surface area contributed by atoms with E-state index < -0.39 is 15.9 Å². The molecule has 0 heterocycles. The number of nitrogens with zero attached hydrogens (tertiary/aromatic N) is 1. The first-order valence-electron chi connectivity index (χ1n) is 9.62. The molecule has 1 N–H and O–H groups in total. The van der Waals surface area contributed by atoms with Crippen LogP contribution in [0.2, 0.25) is 0 Å². The molecule has 0 atom stereocenters. The molecule has 0 saturated heterocycles. The minimum Gasteiger partial charge on any atom is -0.492 e. The molecule has 164 valence electrons. The van der Waals surface area contributed by atoms with Crippen molar-refractivity contribution in [1.29, 1.82) is 0 Å². The number of aryl methyl sites for hydroxylation is 1. The fourth-order valence-electron chi connectivity index (χ4n) is 2.78. The van der Waals surface area contributed by atoms with Gasteiger partial charge in [0.1, 0.15) is 18.9 Å². The van der Waals surface area contributed by atoms with Crippen LogP contribution in [0.5, 0.6) is 5.75 Å². The number of carbonyl (C=O) groups excluding carboxylic acids is 1. The number of anilines is 1. The molecule has 0 aliphatic carbocycles. The molecule has 0 fully saturated rings. The lowest BCUT2D eigenvalue weighted by Gasteiger charge is -2.22. The summed E-state index contributed by atoms with van der Waals surface area (Å²) in [7, 11) is -3.61. The van der Waals surface area contributed by atoms with Crippen LogP contribution in [0.25, 0.3) is 0 Å². The van der Waals surface area contributed by atoms with Gasteiger partial charge in [-0.25, -0.2) is 8.42 Å². The van der Waals surface area contributed by atoms with Crippen molar-refractivity contribution in [1.82, 2.24) is 5.32 Å². The molecular formula is C22H29BrN2O4S. The maximum Gasteiger partial charge on any atom is 0.240 e. The van der Waals surface area contributed by atoms with Crippen LogP contribution < -0.4 is 14.4 Å². The Bertz CT molecular complexity index is 983. The van der Waals surface area contributed by atoms with Crippen LogP contribution in [0.4, 0.5) is 5.69 Å². The second-order valence-electron chi connectivity index (χ2n) is 8.18. The van der Waals surface area contributed by atoms with Gasteiger partial charge in [-0.2, -0.15) is 0 Å². The second kappa shape index (κ2) is 9.83. The lowest BCUT2D eigenvalue weighted by atomic mass is 9.87. The summed E-state index contributed by atoms with van der Waals surface area (Å²) in [4.78, 5) is 12.3. The highest BCUT2D eigenvalue weighted by molar-refractivity contribution is 9.10. The van der Waals surface area contributed by atoms with Crippen LogP contribution in [-0.2, 0) is 20.2 Å².